The molecule has 1 aliphatic rings. The monoisotopic (exact) mass is 273 g/mol. The third-order valence-electron chi connectivity index (χ3n) is 2.71. The summed E-state index contributed by atoms with van der Waals surface area (Å²) >= 11 is 0. The average Bonchev–Trinajstić information content (AvgIpc) is 2.94. The first kappa shape index (κ1) is 12.1. The highest BCUT2D eigenvalue weighted by Crippen LogP contribution is 2.36. The van der Waals surface area contributed by atoms with Crippen molar-refractivity contribution < 1.29 is 19.4 Å². The van der Waals surface area contributed by atoms with E-state index in [0.717, 1.165) is 0 Å². The number of aromatic nitrogens is 1. The van der Waals surface area contributed by atoms with Crippen LogP contribution in [0.15, 0.2) is 41.7 Å². The van der Waals surface area contributed by atoms with Crippen molar-refractivity contribution in [1.82, 2.24) is 4.98 Å². The van der Waals surface area contributed by atoms with Gasteiger partial charge in [0.2, 0.25) is 12.7 Å². The number of ether oxygens (including phenoxy) is 3. The smallest absolute Gasteiger partial charge is 0.231 e. The first-order valence-corrected chi connectivity index (χ1v) is 5.78. The summed E-state index contributed by atoms with van der Waals surface area (Å²) in [4.78, 5) is 4.07. The van der Waals surface area contributed by atoms with Crippen molar-refractivity contribution in [2.45, 2.75) is 0 Å². The largest absolute Gasteiger partial charge is 0.454 e. The van der Waals surface area contributed by atoms with Crippen LogP contribution in [0, 0.1) is 0 Å². The Labute approximate surface area is 114 Å². The standard InChI is InChI=1S/C13H11N3O4/c14-12(16-17)9-2-1-5-15-13(9)20-8-3-4-10-11(6-8)19-7-18-10/h1-6,17H,7H2,(H2,14,16). The van der Waals surface area contributed by atoms with Crippen LogP contribution in [-0.2, 0) is 0 Å². The van der Waals surface area contributed by atoms with Crippen LogP contribution in [0.3, 0.4) is 0 Å². The van der Waals surface area contributed by atoms with Gasteiger partial charge in [-0.3, -0.25) is 0 Å². The van der Waals surface area contributed by atoms with Gasteiger partial charge in [0.1, 0.15) is 5.75 Å². The lowest BCUT2D eigenvalue weighted by molar-refractivity contribution is 0.174. The zero-order valence-electron chi connectivity index (χ0n) is 10.3. The van der Waals surface area contributed by atoms with Crippen LogP contribution in [0.25, 0.3) is 0 Å². The Balaban J connectivity index is 1.92. The molecule has 0 spiro atoms. The molecule has 0 fully saturated rings. The number of nitrogens with two attached hydrogens (primary N) is 1. The zero-order valence-corrected chi connectivity index (χ0v) is 10.3. The zero-order chi connectivity index (χ0) is 13.9. The Kier molecular flexibility index (Phi) is 3.00. The minimum atomic E-state index is -0.0751. The number of pyridine rings is 1. The molecule has 0 saturated heterocycles. The fourth-order valence-corrected chi connectivity index (χ4v) is 1.77. The van der Waals surface area contributed by atoms with Crippen molar-refractivity contribution in [3.63, 3.8) is 0 Å². The molecule has 0 bridgehead atoms. The lowest BCUT2D eigenvalue weighted by Gasteiger charge is -2.09. The number of hydrogen-bond acceptors (Lipinski definition) is 6. The van der Waals surface area contributed by atoms with Crippen LogP contribution in [0.4, 0.5) is 0 Å². The molecular weight excluding hydrogens is 262 g/mol. The van der Waals surface area contributed by atoms with Gasteiger partial charge in [-0.25, -0.2) is 4.98 Å². The van der Waals surface area contributed by atoms with Crippen LogP contribution in [0.1, 0.15) is 5.56 Å². The van der Waals surface area contributed by atoms with E-state index in [0.29, 0.717) is 22.8 Å². The molecule has 2 heterocycles. The predicted octanol–water partition coefficient (Wildman–Crippen LogP) is 1.70. The SMILES string of the molecule is N/C(=N\O)c1cccnc1Oc1ccc2c(c1)OCO2. The highest BCUT2D eigenvalue weighted by atomic mass is 16.7. The average molecular weight is 273 g/mol. The number of amidine groups is 1. The van der Waals surface area contributed by atoms with Crippen LogP contribution in [-0.4, -0.2) is 22.8 Å². The Bertz CT molecular complexity index is 672. The fourth-order valence-electron chi connectivity index (χ4n) is 1.77. The Morgan fingerprint density at radius 3 is 3.00 bits per heavy atom. The first-order chi connectivity index (χ1) is 9.78. The van der Waals surface area contributed by atoms with Crippen molar-refractivity contribution in [2.24, 2.45) is 10.9 Å². The molecule has 20 heavy (non-hydrogen) atoms. The van der Waals surface area contributed by atoms with E-state index in [9.17, 15) is 0 Å². The highest BCUT2D eigenvalue weighted by Gasteiger charge is 2.15. The van der Waals surface area contributed by atoms with Crippen LogP contribution in [0.2, 0.25) is 0 Å². The number of fused-ring (bicyclic) bond motifs is 1. The summed E-state index contributed by atoms with van der Waals surface area (Å²) in [6, 6.07) is 8.46. The lowest BCUT2D eigenvalue weighted by Crippen LogP contribution is -2.14. The van der Waals surface area contributed by atoms with E-state index in [2.05, 4.69) is 10.1 Å². The van der Waals surface area contributed by atoms with Crippen molar-refractivity contribution in [1.29, 1.82) is 0 Å². The fraction of sp³-hybridized carbons (Fsp3) is 0.0769. The number of benzene rings is 1. The maximum absolute atomic E-state index is 8.75. The minimum absolute atomic E-state index is 0.0751. The van der Waals surface area contributed by atoms with Gasteiger partial charge in [-0.2, -0.15) is 0 Å². The third kappa shape index (κ3) is 2.16. The van der Waals surface area contributed by atoms with E-state index in [1.807, 2.05) is 0 Å². The molecule has 1 aromatic carbocycles. The number of hydrogen-bond donors (Lipinski definition) is 2. The Morgan fingerprint density at radius 1 is 1.30 bits per heavy atom. The van der Waals surface area contributed by atoms with Gasteiger partial charge in [0.05, 0.1) is 5.56 Å². The van der Waals surface area contributed by atoms with E-state index in [4.69, 9.17) is 25.2 Å². The molecule has 0 saturated carbocycles. The van der Waals surface area contributed by atoms with E-state index < -0.39 is 0 Å². The van der Waals surface area contributed by atoms with Gasteiger partial charge in [0.15, 0.2) is 17.3 Å². The summed E-state index contributed by atoms with van der Waals surface area (Å²) in [6.07, 6.45) is 1.55. The molecule has 1 aromatic heterocycles. The van der Waals surface area contributed by atoms with Crippen LogP contribution >= 0.6 is 0 Å². The second-order valence-corrected chi connectivity index (χ2v) is 3.96. The summed E-state index contributed by atoms with van der Waals surface area (Å²) in [5, 5.41) is 11.7. The summed E-state index contributed by atoms with van der Waals surface area (Å²) < 4.78 is 16.1. The highest BCUT2D eigenvalue weighted by molar-refractivity contribution is 5.99. The third-order valence-corrected chi connectivity index (χ3v) is 2.71. The molecular formula is C13H11N3O4. The molecule has 3 rings (SSSR count). The summed E-state index contributed by atoms with van der Waals surface area (Å²) in [5.74, 6) is 1.94. The molecule has 0 amide bonds. The molecule has 3 N–H and O–H groups in total. The molecule has 0 aliphatic carbocycles. The van der Waals surface area contributed by atoms with Gasteiger partial charge in [0.25, 0.3) is 0 Å². The van der Waals surface area contributed by atoms with E-state index >= 15 is 0 Å². The summed E-state index contributed by atoms with van der Waals surface area (Å²) in [5.41, 5.74) is 5.97. The van der Waals surface area contributed by atoms with Gasteiger partial charge in [-0.15, -0.1) is 0 Å². The molecule has 2 aromatic rings. The second-order valence-electron chi connectivity index (χ2n) is 3.96. The molecule has 7 heteroatoms. The molecule has 7 nitrogen and oxygen atoms in total. The maximum atomic E-state index is 8.75. The van der Waals surface area contributed by atoms with Crippen molar-refractivity contribution in [2.75, 3.05) is 6.79 Å². The van der Waals surface area contributed by atoms with Crippen molar-refractivity contribution in [3.05, 3.63) is 42.1 Å². The number of oxime groups is 1. The van der Waals surface area contributed by atoms with E-state index in [1.165, 1.54) is 0 Å². The van der Waals surface area contributed by atoms with Crippen LogP contribution < -0.4 is 19.9 Å². The van der Waals surface area contributed by atoms with Crippen molar-refractivity contribution >= 4 is 5.84 Å². The molecule has 1 aliphatic heterocycles. The first-order valence-electron chi connectivity index (χ1n) is 5.78. The Hall–Kier alpha value is -2.96. The minimum Gasteiger partial charge on any atom is -0.454 e. The summed E-state index contributed by atoms with van der Waals surface area (Å²) in [7, 11) is 0. The molecule has 0 atom stereocenters. The lowest BCUT2D eigenvalue weighted by atomic mass is 10.2. The van der Waals surface area contributed by atoms with Crippen molar-refractivity contribution in [3.8, 4) is 23.1 Å². The maximum Gasteiger partial charge on any atom is 0.231 e. The normalized spacial score (nSPS) is 13.3. The predicted molar refractivity (Wildman–Crippen MR) is 69.4 cm³/mol. The molecule has 0 radical (unpaired) electrons. The quantitative estimate of drug-likeness (QED) is 0.382. The molecule has 102 valence electrons. The van der Waals surface area contributed by atoms with Gasteiger partial charge >= 0.3 is 0 Å². The van der Waals surface area contributed by atoms with Gasteiger partial charge < -0.3 is 25.2 Å². The van der Waals surface area contributed by atoms with Crippen LogP contribution in [0.5, 0.6) is 23.1 Å². The topological polar surface area (TPSA) is 99.2 Å². The number of nitrogens with zero attached hydrogens (tertiary/aromatic N) is 2. The van der Waals surface area contributed by atoms with E-state index in [1.54, 1.807) is 36.5 Å². The second kappa shape index (κ2) is 4.96. The van der Waals surface area contributed by atoms with Gasteiger partial charge in [-0.05, 0) is 24.3 Å². The number of rotatable bonds is 3. The Morgan fingerprint density at radius 2 is 2.15 bits per heavy atom. The molecule has 0 unspecified atom stereocenters. The van der Waals surface area contributed by atoms with Gasteiger partial charge in [0, 0.05) is 12.3 Å². The summed E-state index contributed by atoms with van der Waals surface area (Å²) in [6.45, 7) is 0.192. The van der Waals surface area contributed by atoms with Gasteiger partial charge in [-0.1, -0.05) is 5.16 Å². The van der Waals surface area contributed by atoms with E-state index in [-0.39, 0.29) is 18.5 Å².